The molecule has 12 heavy (non-hydrogen) atoms. The molecule has 0 aromatic heterocycles. The summed E-state index contributed by atoms with van der Waals surface area (Å²) in [7, 11) is 0. The van der Waals surface area contributed by atoms with Gasteiger partial charge in [-0.05, 0) is 18.2 Å². The van der Waals surface area contributed by atoms with Gasteiger partial charge in [-0.1, -0.05) is 18.2 Å². The monoisotopic (exact) mass is 159 g/mol. The maximum absolute atomic E-state index is 5.23. The molecule has 1 aliphatic heterocycles. The van der Waals surface area contributed by atoms with Crippen molar-refractivity contribution in [3.8, 4) is 0 Å². The largest absolute Gasteiger partial charge is 0.447 e. The molecule has 1 aromatic carbocycles. The fraction of sp³-hybridized carbons (Fsp3) is 0.100. The first-order valence-electron chi connectivity index (χ1n) is 3.88. The molecule has 0 aliphatic carbocycles. The number of benzene rings is 1. The minimum atomic E-state index is 0.707. The Hall–Kier alpha value is -1.57. The third-order valence-electron chi connectivity index (χ3n) is 1.64. The molecule has 0 saturated heterocycles. The Kier molecular flexibility index (Phi) is 1.90. The van der Waals surface area contributed by atoms with Crippen LogP contribution in [0.4, 0.5) is 0 Å². The minimum Gasteiger partial charge on any atom is -0.447 e. The standard InChI is InChI=1S/C10H9NO/c1-2-5-9(6-3-1)10-11-7-4-8-12-10/h1-6,8H,7H2. The lowest BCUT2D eigenvalue weighted by Crippen LogP contribution is -2.06. The highest BCUT2D eigenvalue weighted by Crippen LogP contribution is 2.05. The molecule has 60 valence electrons. The van der Waals surface area contributed by atoms with Crippen molar-refractivity contribution < 1.29 is 4.74 Å². The van der Waals surface area contributed by atoms with Gasteiger partial charge in [-0.2, -0.15) is 0 Å². The van der Waals surface area contributed by atoms with Gasteiger partial charge in [0.25, 0.3) is 0 Å². The summed E-state index contributed by atoms with van der Waals surface area (Å²) in [5.74, 6) is 0.707. The van der Waals surface area contributed by atoms with E-state index in [0.29, 0.717) is 12.4 Å². The third-order valence-corrected chi connectivity index (χ3v) is 1.64. The number of aliphatic imine (C=N–C) groups is 1. The molecule has 2 rings (SSSR count). The molecule has 1 aromatic rings. The molecule has 0 fully saturated rings. The van der Waals surface area contributed by atoms with Crippen LogP contribution >= 0.6 is 0 Å². The quantitative estimate of drug-likeness (QED) is 0.614. The third kappa shape index (κ3) is 1.37. The highest BCUT2D eigenvalue weighted by atomic mass is 16.5. The van der Waals surface area contributed by atoms with E-state index >= 15 is 0 Å². The Balaban J connectivity index is 2.26. The average Bonchev–Trinajstić information content (AvgIpc) is 2.21. The number of hydrogen-bond acceptors (Lipinski definition) is 2. The van der Waals surface area contributed by atoms with Crippen LogP contribution in [0.25, 0.3) is 0 Å². The number of rotatable bonds is 1. The van der Waals surface area contributed by atoms with Crippen LogP contribution < -0.4 is 0 Å². The summed E-state index contributed by atoms with van der Waals surface area (Å²) in [6.45, 7) is 0.713. The van der Waals surface area contributed by atoms with Crippen LogP contribution in [-0.4, -0.2) is 12.4 Å². The van der Waals surface area contributed by atoms with Crippen LogP contribution in [0, 0.1) is 0 Å². The summed E-state index contributed by atoms with van der Waals surface area (Å²) < 4.78 is 5.23. The highest BCUT2D eigenvalue weighted by Gasteiger charge is 2.03. The Labute approximate surface area is 71.2 Å². The lowest BCUT2D eigenvalue weighted by atomic mass is 10.2. The minimum absolute atomic E-state index is 0.707. The number of ether oxygens (including phenoxy) is 1. The van der Waals surface area contributed by atoms with Gasteiger partial charge in [0.05, 0.1) is 12.8 Å². The topological polar surface area (TPSA) is 21.6 Å². The van der Waals surface area contributed by atoms with Gasteiger partial charge in [-0.15, -0.1) is 0 Å². The SMILES string of the molecule is C1=COC(c2ccccc2)=NC1. The van der Waals surface area contributed by atoms with E-state index in [9.17, 15) is 0 Å². The van der Waals surface area contributed by atoms with E-state index < -0.39 is 0 Å². The van der Waals surface area contributed by atoms with Crippen molar-refractivity contribution in [2.24, 2.45) is 4.99 Å². The van der Waals surface area contributed by atoms with E-state index in [2.05, 4.69) is 4.99 Å². The van der Waals surface area contributed by atoms with Gasteiger partial charge in [-0.3, -0.25) is 0 Å². The van der Waals surface area contributed by atoms with Crippen LogP contribution in [0.5, 0.6) is 0 Å². The summed E-state index contributed by atoms with van der Waals surface area (Å²) in [5, 5.41) is 0. The maximum Gasteiger partial charge on any atom is 0.221 e. The molecule has 0 radical (unpaired) electrons. The molecule has 0 unspecified atom stereocenters. The summed E-state index contributed by atoms with van der Waals surface area (Å²) in [4.78, 5) is 4.21. The van der Waals surface area contributed by atoms with Crippen LogP contribution in [0.2, 0.25) is 0 Å². The first-order valence-corrected chi connectivity index (χ1v) is 3.88. The predicted molar refractivity (Wildman–Crippen MR) is 48.1 cm³/mol. The zero-order valence-electron chi connectivity index (χ0n) is 6.60. The molecule has 2 heteroatoms. The lowest BCUT2D eigenvalue weighted by Gasteiger charge is -2.07. The van der Waals surface area contributed by atoms with Gasteiger partial charge in [0, 0.05) is 5.56 Å². The zero-order chi connectivity index (χ0) is 8.23. The lowest BCUT2D eigenvalue weighted by molar-refractivity contribution is 0.462. The molecule has 0 bridgehead atoms. The Morgan fingerprint density at radius 3 is 2.67 bits per heavy atom. The molecule has 0 amide bonds. The second-order valence-corrected chi connectivity index (χ2v) is 2.50. The molecule has 2 nitrogen and oxygen atoms in total. The van der Waals surface area contributed by atoms with Gasteiger partial charge in [0.1, 0.15) is 0 Å². The van der Waals surface area contributed by atoms with Crippen molar-refractivity contribution in [1.82, 2.24) is 0 Å². The van der Waals surface area contributed by atoms with Gasteiger partial charge >= 0.3 is 0 Å². The normalized spacial score (nSPS) is 15.2. The van der Waals surface area contributed by atoms with Crippen LogP contribution in [-0.2, 0) is 4.74 Å². The van der Waals surface area contributed by atoms with Crippen molar-refractivity contribution in [2.75, 3.05) is 6.54 Å². The summed E-state index contributed by atoms with van der Waals surface area (Å²) in [6, 6.07) is 9.89. The van der Waals surface area contributed by atoms with Crippen molar-refractivity contribution in [1.29, 1.82) is 0 Å². The highest BCUT2D eigenvalue weighted by molar-refractivity contribution is 5.94. The van der Waals surface area contributed by atoms with Crippen molar-refractivity contribution in [3.05, 3.63) is 48.2 Å². The van der Waals surface area contributed by atoms with Gasteiger partial charge in [-0.25, -0.2) is 4.99 Å². The van der Waals surface area contributed by atoms with E-state index in [0.717, 1.165) is 5.56 Å². The Bertz CT molecular complexity index is 314. The first-order chi connectivity index (χ1) is 5.97. The van der Waals surface area contributed by atoms with Crippen LogP contribution in [0.1, 0.15) is 5.56 Å². The second-order valence-electron chi connectivity index (χ2n) is 2.50. The Morgan fingerprint density at radius 2 is 2.00 bits per heavy atom. The molecular formula is C10H9NO. The fourth-order valence-electron chi connectivity index (χ4n) is 1.07. The summed E-state index contributed by atoms with van der Waals surface area (Å²) in [5.41, 5.74) is 1.03. The molecule has 1 heterocycles. The predicted octanol–water partition coefficient (Wildman–Crippen LogP) is 1.98. The number of nitrogens with zero attached hydrogens (tertiary/aromatic N) is 1. The van der Waals surface area contributed by atoms with Crippen LogP contribution in [0.15, 0.2) is 47.7 Å². The fourth-order valence-corrected chi connectivity index (χ4v) is 1.07. The van der Waals surface area contributed by atoms with Crippen molar-refractivity contribution in [3.63, 3.8) is 0 Å². The van der Waals surface area contributed by atoms with Gasteiger partial charge < -0.3 is 4.74 Å². The molecule has 0 spiro atoms. The summed E-state index contributed by atoms with van der Waals surface area (Å²) in [6.07, 6.45) is 3.56. The van der Waals surface area contributed by atoms with E-state index in [-0.39, 0.29) is 0 Å². The molecule has 1 aliphatic rings. The van der Waals surface area contributed by atoms with E-state index in [1.54, 1.807) is 6.26 Å². The summed E-state index contributed by atoms with van der Waals surface area (Å²) >= 11 is 0. The molecule has 0 N–H and O–H groups in total. The molecular weight excluding hydrogens is 150 g/mol. The van der Waals surface area contributed by atoms with E-state index in [1.807, 2.05) is 36.4 Å². The van der Waals surface area contributed by atoms with Gasteiger partial charge in [0.2, 0.25) is 5.90 Å². The first kappa shape index (κ1) is 7.10. The van der Waals surface area contributed by atoms with Crippen molar-refractivity contribution >= 4 is 5.90 Å². The molecule has 0 atom stereocenters. The van der Waals surface area contributed by atoms with Crippen LogP contribution in [0.3, 0.4) is 0 Å². The smallest absolute Gasteiger partial charge is 0.221 e. The number of hydrogen-bond donors (Lipinski definition) is 0. The Morgan fingerprint density at radius 1 is 1.17 bits per heavy atom. The second kappa shape index (κ2) is 3.22. The van der Waals surface area contributed by atoms with E-state index in [4.69, 9.17) is 4.74 Å². The molecule has 0 saturated carbocycles. The zero-order valence-corrected chi connectivity index (χ0v) is 6.60. The average molecular weight is 159 g/mol. The van der Waals surface area contributed by atoms with Crippen molar-refractivity contribution in [2.45, 2.75) is 0 Å². The van der Waals surface area contributed by atoms with Gasteiger partial charge in [0.15, 0.2) is 0 Å². The maximum atomic E-state index is 5.23. The van der Waals surface area contributed by atoms with E-state index in [1.165, 1.54) is 0 Å².